The Balaban J connectivity index is 0.000000737. The van der Waals surface area contributed by atoms with E-state index in [2.05, 4.69) is 183 Å². The summed E-state index contributed by atoms with van der Waals surface area (Å²) in [6.45, 7) is 4.08. The maximum absolute atomic E-state index is 12.4. The number of nitrogens with zero attached hydrogens (tertiary/aromatic N) is 6. The van der Waals surface area contributed by atoms with Crippen molar-refractivity contribution < 1.29 is 55.2 Å². The molecule has 32 heteroatoms. The topological polar surface area (TPSA) is 465 Å². The predicted octanol–water partition coefficient (Wildman–Crippen LogP) is 18.9. The van der Waals surface area contributed by atoms with Crippen LogP contribution in [0.15, 0.2) is 198 Å². The van der Waals surface area contributed by atoms with Crippen LogP contribution in [0.5, 0.6) is 0 Å². The number of halogens is 4. The molecule has 1 amide bonds. The second-order valence-corrected chi connectivity index (χ2v) is 36.8. The fourth-order valence-corrected chi connectivity index (χ4v) is 16.2. The normalized spacial score (nSPS) is 15.5. The zero-order valence-electron chi connectivity index (χ0n) is 71.5. The third-order valence-electron chi connectivity index (χ3n) is 21.5. The van der Waals surface area contributed by atoms with Crippen molar-refractivity contribution >= 4 is 97.2 Å². The summed E-state index contributed by atoms with van der Waals surface area (Å²) in [7, 11) is 0. The molecule has 0 saturated heterocycles. The SMILES string of the molecule is C.C.C.C.CCO.CCOC(=O)CC1CCCc2ccccc2C1=O.Clc1cc2c(nn1)-c1ccccc1CCC2.NN.NN.NNc1cc2c(nn1)-c1ccccc1CCC2.O.O=C(O)CC1CCCc2ccccc2C1=O.O=C1CC2CCCc3ccccc3C2=NN1.O=C1CCCCc2ccccc21.O=P(Cl)(Cl)Cl.O=c1cc2c(n[nH]1)-c1ccccc1CCC2.[2H-].[Db]. The molecule has 0 saturated carbocycles. The van der Waals surface area contributed by atoms with E-state index in [1.807, 2.05) is 97.1 Å². The van der Waals surface area contributed by atoms with E-state index in [0.29, 0.717) is 47.7 Å². The van der Waals surface area contributed by atoms with Crippen LogP contribution in [-0.2, 0) is 87.9 Å². The molecular formula is C97H128Cl4DbN14O12P-. The van der Waals surface area contributed by atoms with Crippen LogP contribution in [0, 0.1) is 17.8 Å². The molecule has 26 nitrogen and oxygen atoms in total. The molecule has 3 aromatic heterocycles. The van der Waals surface area contributed by atoms with Crippen molar-refractivity contribution in [2.75, 3.05) is 18.6 Å². The Bertz CT molecular complexity index is 5340. The number of carbonyl (C=O) groups excluding carboxylic acids is 5. The standard InChI is InChI=1S/C15H18O3.C13H11ClN2.C13H14N4.C13H14N2O.C13H12N2O.C13H14O3.C11H12O.C2H6O.4CH4.Cl3OP.Db.2H4N2.H2O.H/c1-2-18-14(16)10-12-8-5-7-11-6-3-4-9-13(11)15(12)17;14-12-8-10-6-3-5-9-4-1-2-7-11(9)13(10)16-15-12;14-15-12-8-10-6-3-5-9-4-1-2-7-11(9)13(10)17-16-12;2*16-12-8-10-6-3-5-9-4-1-2-7-11(9)13(10)15-14-12;14-12(15)8-10-6-3-5-9-4-1-2-7-11(9)13(10)16;12-11-8-4-2-6-9-5-1-3-7-10(9)11;1-2-3;;;;;1-5(2,3)4;;2*1-2;;/h3-4,6,9,12H,2,5,7-8,10H2,1H3;1-2,4,7-8H,3,5-6H2;1-2,4,7-8H,3,5-6,14H2,(H,15,16);1-2,4,7,10H,3,5-6,8H2,(H,14,16);1-2,4,7-8H,3,5-6H2,(H,14,16);1-2,4,7,10H,3,5-6,8H2,(H,14,15);1,3,5,7H,2,4,6,8H2;3H,2H2,1H3;4*1H4;;;2*1-2H2;1H2;/q;;;;;;;;;;;;;;;;;-1/i;;;;;;;;;;;;;;;;;1+1. The molecule has 3 atom stereocenters. The number of benzene rings is 7. The van der Waals surface area contributed by atoms with Gasteiger partial charge >= 0.3 is 17.1 Å². The Kier molecular flexibility index (Phi) is 52.6. The molecule has 0 fully saturated rings. The number of Topliss-reactive ketones (excluding diaryl/α,β-unsaturated/α-hetero) is 3. The molecule has 7 aliphatic carbocycles. The number of rotatable bonds is 6. The minimum Gasteiger partial charge on any atom is -1.00 e. The average Bonchev–Trinajstić information content (AvgIpc) is 1.57. The molecule has 0 spiro atoms. The largest absolute Gasteiger partial charge is 1.00 e. The summed E-state index contributed by atoms with van der Waals surface area (Å²) in [6.07, 6.45) is 22.8. The van der Waals surface area contributed by atoms with Gasteiger partial charge in [0.25, 0.3) is 5.56 Å². The molecule has 3 unspecified atom stereocenters. The summed E-state index contributed by atoms with van der Waals surface area (Å²) in [5, 5.41) is 41.1. The van der Waals surface area contributed by atoms with Gasteiger partial charge in [-0.05, 0) is 250 Å². The molecule has 694 valence electrons. The third-order valence-corrected chi connectivity index (χ3v) is 21.7. The number of aryl methyl sites for hydroxylation is 10. The minimum absolute atomic E-state index is 0. The van der Waals surface area contributed by atoms with Gasteiger partial charge in [-0.3, -0.25) is 61.5 Å². The number of aromatic amines is 1. The van der Waals surface area contributed by atoms with Crippen LogP contribution in [0.3, 0.4) is 0 Å². The zero-order chi connectivity index (χ0) is 88.6. The number of carboxylic acid groups (broad SMARTS) is 1. The van der Waals surface area contributed by atoms with E-state index in [4.69, 9.17) is 32.4 Å². The molecule has 0 bridgehead atoms. The number of anilines is 1. The minimum atomic E-state index is -3.22. The van der Waals surface area contributed by atoms with Gasteiger partial charge in [0, 0.05) is 82.2 Å². The van der Waals surface area contributed by atoms with Crippen LogP contribution in [0.25, 0.3) is 33.8 Å². The average molecular weight is 2120 g/mol. The van der Waals surface area contributed by atoms with E-state index in [9.17, 15) is 38.1 Å². The van der Waals surface area contributed by atoms with Crippen molar-refractivity contribution in [3.63, 3.8) is 0 Å². The number of ether oxygens (including phenoxy) is 1. The van der Waals surface area contributed by atoms with Gasteiger partial charge in [-0.2, -0.15) is 10.2 Å². The smallest absolute Gasteiger partial charge is 0.339 e. The van der Waals surface area contributed by atoms with Gasteiger partial charge in [-0.25, -0.2) is 16.4 Å². The van der Waals surface area contributed by atoms with Crippen LogP contribution in [0.1, 0.15) is 234 Å². The number of aromatic nitrogens is 6. The summed E-state index contributed by atoms with van der Waals surface area (Å²) in [6, 6.07) is 62.3. The van der Waals surface area contributed by atoms with Gasteiger partial charge in [-0.1, -0.05) is 211 Å². The van der Waals surface area contributed by atoms with E-state index in [1.54, 1.807) is 26.0 Å². The van der Waals surface area contributed by atoms with Crippen LogP contribution in [-0.4, -0.2) is 100 Å². The van der Waals surface area contributed by atoms with Gasteiger partial charge in [0.1, 0.15) is 0 Å². The molecule has 129 heavy (non-hydrogen) atoms. The monoisotopic (exact) mass is 2120 g/mol. The number of amides is 1. The number of fused-ring (bicyclic) bond motifs is 15. The number of aliphatic hydroxyl groups excluding tert-OH is 1. The van der Waals surface area contributed by atoms with E-state index < -0.39 is 11.2 Å². The Morgan fingerprint density at radius 3 is 1.29 bits per heavy atom. The van der Waals surface area contributed by atoms with Gasteiger partial charge < -0.3 is 27.3 Å². The number of aliphatic carboxylic acids is 1. The molecule has 1 aliphatic heterocycles. The summed E-state index contributed by atoms with van der Waals surface area (Å²) in [5.74, 6) is 21.0. The van der Waals surface area contributed by atoms with E-state index in [0.717, 1.165) is 191 Å². The van der Waals surface area contributed by atoms with Crippen LogP contribution in [0.4, 0.5) is 5.82 Å². The van der Waals surface area contributed by atoms with E-state index in [-0.39, 0.29) is 96.9 Å². The maximum Gasteiger partial charge on any atom is 0.339 e. The second-order valence-electron chi connectivity index (χ2n) is 29.7. The molecule has 0 radical (unpaired) electrons. The van der Waals surface area contributed by atoms with Crippen molar-refractivity contribution in [1.82, 2.24) is 36.0 Å². The maximum atomic E-state index is 12.4. The third kappa shape index (κ3) is 34.8. The van der Waals surface area contributed by atoms with Crippen LogP contribution >= 0.6 is 50.5 Å². The first-order valence-corrected chi connectivity index (χ1v) is 46.2. The number of H-pyrrole nitrogens is 1. The van der Waals surface area contributed by atoms with E-state index >= 15 is 0 Å². The number of nitrogen functional groups attached to an aromatic ring is 1. The number of hydrazine groups is 3. The number of hydrazone groups is 1. The number of nitrogens with one attached hydrogen (secondary N) is 3. The summed E-state index contributed by atoms with van der Waals surface area (Å²) < 4.78 is 14.4. The van der Waals surface area contributed by atoms with E-state index in [1.165, 1.54) is 55.6 Å². The number of aliphatic hydroxyl groups is 1. The molecule has 4 heterocycles. The fourth-order valence-electron chi connectivity index (χ4n) is 16.1. The number of esters is 1. The van der Waals surface area contributed by atoms with Crippen LogP contribution < -0.4 is 45.6 Å². The summed E-state index contributed by atoms with van der Waals surface area (Å²) in [4.78, 5) is 80.7. The Morgan fingerprint density at radius 1 is 0.481 bits per heavy atom. The van der Waals surface area contributed by atoms with Gasteiger partial charge in [0.15, 0.2) is 28.3 Å². The quantitative estimate of drug-likeness (QED) is 0.0243. The van der Waals surface area contributed by atoms with Crippen molar-refractivity contribution in [1.29, 1.82) is 0 Å². The first-order valence-electron chi connectivity index (χ1n) is 41.4. The number of hydrogen-bond donors (Lipinski definition) is 10. The molecular weight excluding hydrogens is 1990 g/mol. The molecule has 7 aromatic carbocycles. The number of carbonyl (C=O) groups is 6. The predicted molar refractivity (Wildman–Crippen MR) is 519 cm³/mol. The van der Waals surface area contributed by atoms with Gasteiger partial charge in [0.05, 0.1) is 42.2 Å². The Labute approximate surface area is 773 Å². The number of nitrogens with two attached hydrogens (primary N) is 5. The fraction of sp³-hybridized carbons (Fsp3) is 0.371. The van der Waals surface area contributed by atoms with Gasteiger partial charge in [0.2, 0.25) is 5.91 Å². The Morgan fingerprint density at radius 2 is 0.829 bits per heavy atom. The zero-order valence-corrected chi connectivity index (χ0v) is 80.9. The molecule has 18 rings (SSSR count). The second kappa shape index (κ2) is 59.7. The van der Waals surface area contributed by atoms with Gasteiger partial charge in [-0.15, -0.1) is 20.4 Å². The van der Waals surface area contributed by atoms with Crippen molar-refractivity contribution in [3.8, 4) is 33.8 Å². The van der Waals surface area contributed by atoms with Crippen LogP contribution in [0.2, 0.25) is 5.15 Å². The summed E-state index contributed by atoms with van der Waals surface area (Å²) >= 11 is 19.7. The molecule has 10 aromatic rings. The molecule has 8 aliphatic rings. The molecule has 17 N–H and O–H groups in total. The van der Waals surface area contributed by atoms with Crippen molar-refractivity contribution in [2.24, 2.45) is 52.1 Å². The number of carboxylic acids is 1. The first-order chi connectivity index (χ1) is 59.6. The Hall–Kier alpha value is -11.4. The number of hydrogen-bond acceptors (Lipinski definition) is 22. The van der Waals surface area contributed by atoms with Crippen molar-refractivity contribution in [3.05, 3.63) is 281 Å². The first kappa shape index (κ1) is 114. The van der Waals surface area contributed by atoms with Crippen molar-refractivity contribution in [2.45, 2.75) is 204 Å². The summed E-state index contributed by atoms with van der Waals surface area (Å²) in [5.41, 5.74) is 28.6. The number of ketones is 3.